The zero-order chi connectivity index (χ0) is 18.4. The summed E-state index contributed by atoms with van der Waals surface area (Å²) in [5.41, 5.74) is 2.02. The molecular weight excluding hydrogens is 348 g/mol. The van der Waals surface area contributed by atoms with E-state index in [0.29, 0.717) is 35.4 Å². The SMILES string of the molecule is CN(CCOc1cccc(Cl)c1)C(=O)c1ccc([C@H]2CCCNC2)cc1. The second-order valence-corrected chi connectivity index (χ2v) is 7.13. The van der Waals surface area contributed by atoms with Crippen molar-refractivity contribution in [1.29, 1.82) is 0 Å². The lowest BCUT2D eigenvalue weighted by molar-refractivity contribution is 0.0773. The molecule has 1 amide bonds. The number of nitrogens with zero attached hydrogens (tertiary/aromatic N) is 1. The topological polar surface area (TPSA) is 41.6 Å². The fourth-order valence-corrected chi connectivity index (χ4v) is 3.39. The highest BCUT2D eigenvalue weighted by Gasteiger charge is 2.16. The fourth-order valence-electron chi connectivity index (χ4n) is 3.21. The number of nitrogens with one attached hydrogen (secondary N) is 1. The number of amides is 1. The molecule has 0 aliphatic carbocycles. The van der Waals surface area contributed by atoms with Gasteiger partial charge < -0.3 is 15.0 Å². The summed E-state index contributed by atoms with van der Waals surface area (Å²) in [7, 11) is 1.79. The Bertz CT molecular complexity index is 727. The van der Waals surface area contributed by atoms with Crippen LogP contribution < -0.4 is 10.1 Å². The van der Waals surface area contributed by atoms with Crippen molar-refractivity contribution in [2.75, 3.05) is 33.3 Å². The van der Waals surface area contributed by atoms with Gasteiger partial charge in [0.2, 0.25) is 0 Å². The van der Waals surface area contributed by atoms with Crippen LogP contribution in [0, 0.1) is 0 Å². The number of likely N-dealkylation sites (N-methyl/N-ethyl adjacent to an activating group) is 1. The molecule has 1 N–H and O–H groups in total. The molecule has 4 nitrogen and oxygen atoms in total. The lowest BCUT2D eigenvalue weighted by Gasteiger charge is -2.23. The van der Waals surface area contributed by atoms with Crippen LogP contribution in [0.15, 0.2) is 48.5 Å². The van der Waals surface area contributed by atoms with Crippen molar-refractivity contribution in [2.45, 2.75) is 18.8 Å². The molecule has 2 aromatic carbocycles. The number of carbonyl (C=O) groups excluding carboxylic acids is 1. The monoisotopic (exact) mass is 372 g/mol. The van der Waals surface area contributed by atoms with Crippen molar-refractivity contribution < 1.29 is 9.53 Å². The average molecular weight is 373 g/mol. The summed E-state index contributed by atoms with van der Waals surface area (Å²) in [4.78, 5) is 14.2. The van der Waals surface area contributed by atoms with E-state index in [4.69, 9.17) is 16.3 Å². The predicted octanol–water partition coefficient (Wildman–Crippen LogP) is 3.96. The first-order valence-corrected chi connectivity index (χ1v) is 9.46. The molecule has 1 aliphatic heterocycles. The van der Waals surface area contributed by atoms with Gasteiger partial charge in [0, 0.05) is 24.2 Å². The first-order valence-electron chi connectivity index (χ1n) is 9.08. The molecule has 0 unspecified atom stereocenters. The van der Waals surface area contributed by atoms with Crippen molar-refractivity contribution >= 4 is 17.5 Å². The van der Waals surface area contributed by atoms with Crippen LogP contribution in [-0.4, -0.2) is 44.1 Å². The predicted molar refractivity (Wildman–Crippen MR) is 105 cm³/mol. The molecule has 0 bridgehead atoms. The maximum Gasteiger partial charge on any atom is 0.253 e. The molecule has 0 radical (unpaired) electrons. The van der Waals surface area contributed by atoms with Crippen LogP contribution in [0.1, 0.15) is 34.7 Å². The fraction of sp³-hybridized carbons (Fsp3) is 0.381. The zero-order valence-corrected chi connectivity index (χ0v) is 15.8. The third-order valence-electron chi connectivity index (χ3n) is 4.76. The van der Waals surface area contributed by atoms with E-state index in [1.54, 1.807) is 24.1 Å². The number of benzene rings is 2. The lowest BCUT2D eigenvalue weighted by atomic mass is 9.91. The van der Waals surface area contributed by atoms with Gasteiger partial charge in [-0.3, -0.25) is 4.79 Å². The number of piperidine rings is 1. The van der Waals surface area contributed by atoms with Gasteiger partial charge in [-0.1, -0.05) is 29.8 Å². The van der Waals surface area contributed by atoms with E-state index in [1.165, 1.54) is 18.4 Å². The first kappa shape index (κ1) is 18.7. The van der Waals surface area contributed by atoms with Crippen LogP contribution in [-0.2, 0) is 0 Å². The third kappa shape index (κ3) is 4.99. The van der Waals surface area contributed by atoms with Crippen molar-refractivity contribution in [3.8, 4) is 5.75 Å². The van der Waals surface area contributed by atoms with Gasteiger partial charge in [-0.2, -0.15) is 0 Å². The number of hydrogen-bond acceptors (Lipinski definition) is 3. The van der Waals surface area contributed by atoms with E-state index in [1.807, 2.05) is 24.3 Å². The molecule has 1 atom stereocenters. The molecule has 1 saturated heterocycles. The van der Waals surface area contributed by atoms with Crippen LogP contribution in [0.2, 0.25) is 5.02 Å². The molecule has 3 rings (SSSR count). The van der Waals surface area contributed by atoms with Gasteiger partial charge >= 0.3 is 0 Å². The second-order valence-electron chi connectivity index (χ2n) is 6.70. The first-order chi connectivity index (χ1) is 12.6. The molecule has 5 heteroatoms. The Labute approximate surface area is 160 Å². The van der Waals surface area contributed by atoms with E-state index >= 15 is 0 Å². The number of halogens is 1. The van der Waals surface area contributed by atoms with Crippen LogP contribution in [0.5, 0.6) is 5.75 Å². The van der Waals surface area contributed by atoms with Crippen LogP contribution >= 0.6 is 11.6 Å². The van der Waals surface area contributed by atoms with Crippen molar-refractivity contribution in [1.82, 2.24) is 10.2 Å². The van der Waals surface area contributed by atoms with Gasteiger partial charge in [0.25, 0.3) is 5.91 Å². The Morgan fingerprint density at radius 1 is 1.27 bits per heavy atom. The summed E-state index contributed by atoms with van der Waals surface area (Å²) < 4.78 is 5.66. The number of rotatable bonds is 6. The largest absolute Gasteiger partial charge is 0.492 e. The van der Waals surface area contributed by atoms with E-state index in [2.05, 4.69) is 17.4 Å². The smallest absolute Gasteiger partial charge is 0.253 e. The quantitative estimate of drug-likeness (QED) is 0.834. The van der Waals surface area contributed by atoms with Gasteiger partial charge in [-0.05, 0) is 61.2 Å². The molecular formula is C21H25ClN2O2. The van der Waals surface area contributed by atoms with Gasteiger partial charge in [-0.25, -0.2) is 0 Å². The molecule has 0 spiro atoms. The van der Waals surface area contributed by atoms with Gasteiger partial charge in [0.15, 0.2) is 0 Å². The summed E-state index contributed by atoms with van der Waals surface area (Å²) in [6.07, 6.45) is 2.42. The number of hydrogen-bond donors (Lipinski definition) is 1. The minimum absolute atomic E-state index is 0.00742. The summed E-state index contributed by atoms with van der Waals surface area (Å²) in [6, 6.07) is 15.3. The van der Waals surface area contributed by atoms with Crippen LogP contribution in [0.25, 0.3) is 0 Å². The van der Waals surface area contributed by atoms with E-state index < -0.39 is 0 Å². The molecule has 26 heavy (non-hydrogen) atoms. The minimum atomic E-state index is 0.00742. The van der Waals surface area contributed by atoms with Gasteiger partial charge in [-0.15, -0.1) is 0 Å². The van der Waals surface area contributed by atoms with Crippen LogP contribution in [0.4, 0.5) is 0 Å². The summed E-state index contributed by atoms with van der Waals surface area (Å²) in [5.74, 6) is 1.27. The van der Waals surface area contributed by atoms with Crippen molar-refractivity contribution in [3.63, 3.8) is 0 Å². The highest BCUT2D eigenvalue weighted by atomic mass is 35.5. The minimum Gasteiger partial charge on any atom is -0.492 e. The highest BCUT2D eigenvalue weighted by Crippen LogP contribution is 2.23. The van der Waals surface area contributed by atoms with Gasteiger partial charge in [0.05, 0.1) is 6.54 Å². The molecule has 0 saturated carbocycles. The van der Waals surface area contributed by atoms with E-state index in [0.717, 1.165) is 13.1 Å². The Morgan fingerprint density at radius 3 is 2.77 bits per heavy atom. The van der Waals surface area contributed by atoms with E-state index in [-0.39, 0.29) is 5.91 Å². The number of carbonyl (C=O) groups is 1. The Balaban J connectivity index is 1.51. The molecule has 1 fully saturated rings. The molecule has 0 aromatic heterocycles. The van der Waals surface area contributed by atoms with E-state index in [9.17, 15) is 4.79 Å². The summed E-state index contributed by atoms with van der Waals surface area (Å²) >= 11 is 5.94. The molecule has 1 aliphatic rings. The maximum absolute atomic E-state index is 12.6. The second kappa shape index (κ2) is 9.06. The molecule has 1 heterocycles. The Hall–Kier alpha value is -2.04. The Morgan fingerprint density at radius 2 is 2.08 bits per heavy atom. The normalized spacial score (nSPS) is 16.9. The third-order valence-corrected chi connectivity index (χ3v) is 5.00. The lowest BCUT2D eigenvalue weighted by Crippen LogP contribution is -2.31. The Kier molecular flexibility index (Phi) is 6.53. The van der Waals surface area contributed by atoms with Crippen LogP contribution in [0.3, 0.4) is 0 Å². The molecule has 138 valence electrons. The maximum atomic E-state index is 12.6. The average Bonchev–Trinajstić information content (AvgIpc) is 2.68. The van der Waals surface area contributed by atoms with Crippen molar-refractivity contribution in [2.24, 2.45) is 0 Å². The van der Waals surface area contributed by atoms with Gasteiger partial charge in [0.1, 0.15) is 12.4 Å². The number of ether oxygens (including phenoxy) is 1. The standard InChI is InChI=1S/C21H25ClN2O2/c1-24(12-13-26-20-6-2-5-19(22)14-20)21(25)17-9-7-16(8-10-17)18-4-3-11-23-15-18/h2,5-10,14,18,23H,3-4,11-13,15H2,1H3/t18-/m0/s1. The molecule has 2 aromatic rings. The highest BCUT2D eigenvalue weighted by molar-refractivity contribution is 6.30. The zero-order valence-electron chi connectivity index (χ0n) is 15.1. The summed E-state index contributed by atoms with van der Waals surface area (Å²) in [5, 5.41) is 4.07. The summed E-state index contributed by atoms with van der Waals surface area (Å²) in [6.45, 7) is 3.07. The van der Waals surface area contributed by atoms with Crippen molar-refractivity contribution in [3.05, 3.63) is 64.7 Å².